The van der Waals surface area contributed by atoms with Crippen LogP contribution in [0.3, 0.4) is 0 Å². The summed E-state index contributed by atoms with van der Waals surface area (Å²) in [4.78, 5) is 24.8. The number of hydrogen-bond donors (Lipinski definition) is 1. The monoisotopic (exact) mass is 310 g/mol. The van der Waals surface area contributed by atoms with Crippen LogP contribution >= 0.6 is 0 Å². The van der Waals surface area contributed by atoms with Crippen LogP contribution in [0.5, 0.6) is 0 Å². The van der Waals surface area contributed by atoms with Gasteiger partial charge in [-0.25, -0.2) is 4.68 Å². The summed E-state index contributed by atoms with van der Waals surface area (Å²) in [5.74, 6) is -0.244. The van der Waals surface area contributed by atoms with Gasteiger partial charge >= 0.3 is 0 Å². The van der Waals surface area contributed by atoms with E-state index in [1.165, 1.54) is 11.0 Å². The third-order valence-corrected chi connectivity index (χ3v) is 3.91. The zero-order valence-corrected chi connectivity index (χ0v) is 13.0. The second kappa shape index (κ2) is 6.08. The van der Waals surface area contributed by atoms with Crippen molar-refractivity contribution in [2.45, 2.75) is 25.9 Å². The van der Waals surface area contributed by atoms with Gasteiger partial charge in [0.2, 0.25) is 5.91 Å². The Kier molecular flexibility index (Phi) is 3.97. The number of nitrogens with zero attached hydrogens (tertiary/aromatic N) is 3. The maximum absolute atomic E-state index is 12.4. The Balaban J connectivity index is 1.81. The SMILES string of the molecule is CC(NC(=O)C(C)n1ncn2cccc2c1=O)c1ccccc1. The van der Waals surface area contributed by atoms with Crippen molar-refractivity contribution in [1.29, 1.82) is 0 Å². The van der Waals surface area contributed by atoms with Gasteiger partial charge in [0.25, 0.3) is 5.56 Å². The fourth-order valence-corrected chi connectivity index (χ4v) is 2.50. The zero-order chi connectivity index (χ0) is 16.4. The number of rotatable bonds is 4. The minimum absolute atomic E-state index is 0.140. The Hall–Kier alpha value is -2.89. The molecule has 0 saturated heterocycles. The highest BCUT2D eigenvalue weighted by Gasteiger charge is 2.20. The molecule has 0 saturated carbocycles. The maximum atomic E-state index is 12.4. The van der Waals surface area contributed by atoms with Crippen LogP contribution < -0.4 is 10.9 Å². The third-order valence-electron chi connectivity index (χ3n) is 3.91. The van der Waals surface area contributed by atoms with Crippen molar-refractivity contribution in [3.05, 3.63) is 70.9 Å². The quantitative estimate of drug-likeness (QED) is 0.800. The predicted octanol–water partition coefficient (Wildman–Crippen LogP) is 1.93. The first-order valence-corrected chi connectivity index (χ1v) is 7.48. The molecule has 6 nitrogen and oxygen atoms in total. The van der Waals surface area contributed by atoms with E-state index in [1.807, 2.05) is 37.3 Å². The number of carbonyl (C=O) groups excluding carboxylic acids is 1. The van der Waals surface area contributed by atoms with Crippen LogP contribution in [0.25, 0.3) is 5.52 Å². The molecule has 6 heteroatoms. The molecular formula is C17H18N4O2. The lowest BCUT2D eigenvalue weighted by Gasteiger charge is -2.18. The van der Waals surface area contributed by atoms with Gasteiger partial charge < -0.3 is 9.72 Å². The maximum Gasteiger partial charge on any atom is 0.291 e. The smallest absolute Gasteiger partial charge is 0.291 e. The second-order valence-electron chi connectivity index (χ2n) is 5.50. The first kappa shape index (κ1) is 15.0. The molecule has 3 rings (SSSR count). The summed E-state index contributed by atoms with van der Waals surface area (Å²) in [5.41, 5.74) is 1.22. The zero-order valence-electron chi connectivity index (χ0n) is 13.0. The van der Waals surface area contributed by atoms with Gasteiger partial charge in [-0.1, -0.05) is 30.3 Å². The third kappa shape index (κ3) is 2.88. The number of benzene rings is 1. The minimum atomic E-state index is -0.687. The molecule has 3 aromatic rings. The van der Waals surface area contributed by atoms with E-state index in [4.69, 9.17) is 0 Å². The van der Waals surface area contributed by atoms with Gasteiger partial charge in [-0.3, -0.25) is 9.59 Å². The van der Waals surface area contributed by atoms with Crippen molar-refractivity contribution in [1.82, 2.24) is 19.5 Å². The normalized spacial score (nSPS) is 13.7. The van der Waals surface area contributed by atoms with E-state index in [-0.39, 0.29) is 17.5 Å². The summed E-state index contributed by atoms with van der Waals surface area (Å²) < 4.78 is 2.85. The molecule has 0 spiro atoms. The van der Waals surface area contributed by atoms with E-state index < -0.39 is 6.04 Å². The Morgan fingerprint density at radius 3 is 2.61 bits per heavy atom. The molecule has 2 atom stereocenters. The van der Waals surface area contributed by atoms with Crippen molar-refractivity contribution in [2.24, 2.45) is 0 Å². The molecular weight excluding hydrogens is 292 g/mol. The molecule has 0 fully saturated rings. The van der Waals surface area contributed by atoms with Crippen LogP contribution in [0.2, 0.25) is 0 Å². The average molecular weight is 310 g/mol. The van der Waals surface area contributed by atoms with Gasteiger partial charge in [0, 0.05) is 6.20 Å². The lowest BCUT2D eigenvalue weighted by molar-refractivity contribution is -0.124. The average Bonchev–Trinajstić information content (AvgIpc) is 3.05. The van der Waals surface area contributed by atoms with Crippen molar-refractivity contribution >= 4 is 11.4 Å². The molecule has 0 aliphatic heterocycles. The molecule has 2 aromatic heterocycles. The molecule has 0 bridgehead atoms. The standard InChI is InChI=1S/C17H18N4O2/c1-12(14-7-4-3-5-8-14)19-16(22)13(2)21-17(23)15-9-6-10-20(15)11-18-21/h3-13H,1-2H3,(H,19,22). The van der Waals surface area contributed by atoms with E-state index in [9.17, 15) is 9.59 Å². The molecule has 0 aliphatic carbocycles. The summed E-state index contributed by atoms with van der Waals surface area (Å²) in [6.07, 6.45) is 3.28. The van der Waals surface area contributed by atoms with E-state index in [2.05, 4.69) is 10.4 Å². The molecule has 2 unspecified atom stereocenters. The Morgan fingerprint density at radius 1 is 1.13 bits per heavy atom. The minimum Gasteiger partial charge on any atom is -0.348 e. The first-order chi connectivity index (χ1) is 11.1. The van der Waals surface area contributed by atoms with Gasteiger partial charge in [-0.15, -0.1) is 0 Å². The van der Waals surface area contributed by atoms with Crippen molar-refractivity contribution < 1.29 is 4.79 Å². The van der Waals surface area contributed by atoms with Gasteiger partial charge in [-0.2, -0.15) is 5.10 Å². The lowest BCUT2D eigenvalue weighted by atomic mass is 10.1. The number of aromatic nitrogens is 3. The fourth-order valence-electron chi connectivity index (χ4n) is 2.50. The Labute approximate surface area is 133 Å². The molecule has 1 amide bonds. The first-order valence-electron chi connectivity index (χ1n) is 7.48. The highest BCUT2D eigenvalue weighted by Crippen LogP contribution is 2.13. The van der Waals surface area contributed by atoms with Crippen LogP contribution in [0.15, 0.2) is 59.8 Å². The number of amides is 1. The van der Waals surface area contributed by atoms with E-state index in [1.54, 1.807) is 29.7 Å². The van der Waals surface area contributed by atoms with Crippen molar-refractivity contribution in [2.75, 3.05) is 0 Å². The van der Waals surface area contributed by atoms with Crippen LogP contribution in [0.1, 0.15) is 31.5 Å². The fraction of sp³-hybridized carbons (Fsp3) is 0.235. The summed E-state index contributed by atoms with van der Waals surface area (Å²) >= 11 is 0. The molecule has 23 heavy (non-hydrogen) atoms. The number of carbonyl (C=O) groups is 1. The lowest BCUT2D eigenvalue weighted by Crippen LogP contribution is -2.38. The largest absolute Gasteiger partial charge is 0.348 e. The highest BCUT2D eigenvalue weighted by molar-refractivity contribution is 5.80. The van der Waals surface area contributed by atoms with Gasteiger partial charge in [0.15, 0.2) is 0 Å². The summed E-state index contributed by atoms with van der Waals surface area (Å²) in [7, 11) is 0. The molecule has 2 heterocycles. The van der Waals surface area contributed by atoms with Crippen molar-refractivity contribution in [3.63, 3.8) is 0 Å². The van der Waals surface area contributed by atoms with Crippen LogP contribution in [-0.2, 0) is 4.79 Å². The number of nitrogens with one attached hydrogen (secondary N) is 1. The van der Waals surface area contributed by atoms with E-state index in [0.29, 0.717) is 5.52 Å². The molecule has 1 aromatic carbocycles. The predicted molar refractivity (Wildman–Crippen MR) is 87.2 cm³/mol. The van der Waals surface area contributed by atoms with Gasteiger partial charge in [0.1, 0.15) is 17.9 Å². The Bertz CT molecular complexity index is 882. The van der Waals surface area contributed by atoms with Gasteiger partial charge in [-0.05, 0) is 31.5 Å². The molecule has 118 valence electrons. The van der Waals surface area contributed by atoms with Crippen molar-refractivity contribution in [3.8, 4) is 0 Å². The van der Waals surface area contributed by atoms with Crippen LogP contribution in [0, 0.1) is 0 Å². The highest BCUT2D eigenvalue weighted by atomic mass is 16.2. The van der Waals surface area contributed by atoms with Crippen LogP contribution in [0.4, 0.5) is 0 Å². The summed E-state index contributed by atoms with van der Waals surface area (Å²) in [6, 6.07) is 12.3. The molecule has 1 N–H and O–H groups in total. The summed E-state index contributed by atoms with van der Waals surface area (Å²) in [6.45, 7) is 3.58. The van der Waals surface area contributed by atoms with Crippen LogP contribution in [-0.4, -0.2) is 20.1 Å². The van der Waals surface area contributed by atoms with E-state index >= 15 is 0 Å². The topological polar surface area (TPSA) is 68.4 Å². The molecule has 0 aliphatic rings. The molecule has 0 radical (unpaired) electrons. The van der Waals surface area contributed by atoms with Gasteiger partial charge in [0.05, 0.1) is 6.04 Å². The summed E-state index contributed by atoms with van der Waals surface area (Å²) in [5, 5.41) is 7.00. The Morgan fingerprint density at radius 2 is 1.87 bits per heavy atom. The second-order valence-corrected chi connectivity index (χ2v) is 5.50. The number of fused-ring (bicyclic) bond motifs is 1. The van der Waals surface area contributed by atoms with E-state index in [0.717, 1.165) is 5.56 Å². The number of hydrogen-bond acceptors (Lipinski definition) is 3.